The third-order valence-corrected chi connectivity index (χ3v) is 6.13. The van der Waals surface area contributed by atoms with E-state index in [-0.39, 0.29) is 11.7 Å². The van der Waals surface area contributed by atoms with Gasteiger partial charge in [-0.2, -0.15) is 0 Å². The van der Waals surface area contributed by atoms with Gasteiger partial charge in [-0.25, -0.2) is 9.18 Å². The van der Waals surface area contributed by atoms with Gasteiger partial charge >= 0.3 is 5.97 Å². The Morgan fingerprint density at radius 1 is 1.03 bits per heavy atom. The summed E-state index contributed by atoms with van der Waals surface area (Å²) in [5.74, 6) is -1.19. The van der Waals surface area contributed by atoms with Gasteiger partial charge in [-0.15, -0.1) is 11.3 Å². The molecule has 1 atom stereocenters. The number of anilines is 1. The van der Waals surface area contributed by atoms with Crippen LogP contribution in [0, 0.1) is 5.82 Å². The summed E-state index contributed by atoms with van der Waals surface area (Å²) in [5.41, 5.74) is 1.14. The standard InChI is InChI=1S/C22H21FN2O3S/c1-15(28-22(27)20-14-17-18(23)8-5-9-19(17)29-20)21(26)25-12-10-24(11-13-25)16-6-3-2-4-7-16/h2-9,14-15H,10-13H2,1H3/t15-/m0/s1. The van der Waals surface area contributed by atoms with Crippen LogP contribution in [0.15, 0.2) is 54.6 Å². The van der Waals surface area contributed by atoms with E-state index in [1.807, 2.05) is 18.2 Å². The van der Waals surface area contributed by atoms with Crippen molar-refractivity contribution < 1.29 is 18.7 Å². The molecule has 0 bridgehead atoms. The average molecular weight is 412 g/mol. The van der Waals surface area contributed by atoms with Crippen LogP contribution in [0.25, 0.3) is 10.1 Å². The number of amides is 1. The van der Waals surface area contributed by atoms with Crippen LogP contribution in [0.3, 0.4) is 0 Å². The van der Waals surface area contributed by atoms with Crippen molar-refractivity contribution in [2.45, 2.75) is 13.0 Å². The maximum atomic E-state index is 13.8. The summed E-state index contributed by atoms with van der Waals surface area (Å²) in [4.78, 5) is 29.4. The highest BCUT2D eigenvalue weighted by Crippen LogP contribution is 2.28. The lowest BCUT2D eigenvalue weighted by atomic mass is 10.2. The lowest BCUT2D eigenvalue weighted by Crippen LogP contribution is -2.51. The van der Waals surface area contributed by atoms with E-state index in [1.165, 1.54) is 12.1 Å². The van der Waals surface area contributed by atoms with Crippen molar-refractivity contribution in [3.63, 3.8) is 0 Å². The number of fused-ring (bicyclic) bond motifs is 1. The molecule has 2 heterocycles. The van der Waals surface area contributed by atoms with Crippen molar-refractivity contribution in [1.82, 2.24) is 4.90 Å². The topological polar surface area (TPSA) is 49.9 Å². The Labute approximate surface area is 172 Å². The fourth-order valence-corrected chi connectivity index (χ4v) is 4.43. The number of thiophene rings is 1. The molecule has 4 rings (SSSR count). The van der Waals surface area contributed by atoms with E-state index < -0.39 is 12.1 Å². The third-order valence-electron chi connectivity index (χ3n) is 5.05. The number of piperazine rings is 1. The van der Waals surface area contributed by atoms with Crippen LogP contribution in [0.5, 0.6) is 0 Å². The zero-order chi connectivity index (χ0) is 20.4. The number of ether oxygens (including phenoxy) is 1. The van der Waals surface area contributed by atoms with Crippen LogP contribution in [0.4, 0.5) is 10.1 Å². The van der Waals surface area contributed by atoms with E-state index in [9.17, 15) is 14.0 Å². The molecular weight excluding hydrogens is 391 g/mol. The van der Waals surface area contributed by atoms with E-state index in [2.05, 4.69) is 17.0 Å². The molecule has 29 heavy (non-hydrogen) atoms. The van der Waals surface area contributed by atoms with Gasteiger partial charge < -0.3 is 14.5 Å². The molecule has 7 heteroatoms. The number of halogens is 1. The molecular formula is C22H21FN2O3S. The number of carbonyl (C=O) groups excluding carboxylic acids is 2. The Balaban J connectivity index is 1.35. The first kappa shape index (κ1) is 19.4. The normalized spacial score (nSPS) is 15.4. The van der Waals surface area contributed by atoms with Gasteiger partial charge in [-0.3, -0.25) is 4.79 Å². The van der Waals surface area contributed by atoms with Crippen molar-refractivity contribution in [3.05, 3.63) is 65.3 Å². The average Bonchev–Trinajstić information content (AvgIpc) is 3.20. The van der Waals surface area contributed by atoms with Gasteiger partial charge in [0.25, 0.3) is 5.91 Å². The minimum Gasteiger partial charge on any atom is -0.448 e. The number of esters is 1. The molecule has 1 saturated heterocycles. The van der Waals surface area contributed by atoms with Crippen molar-refractivity contribution in [2.75, 3.05) is 31.1 Å². The molecule has 0 spiro atoms. The van der Waals surface area contributed by atoms with E-state index in [4.69, 9.17) is 4.74 Å². The minimum absolute atomic E-state index is 0.210. The first-order valence-electron chi connectivity index (χ1n) is 9.51. The summed E-state index contributed by atoms with van der Waals surface area (Å²) in [6.45, 7) is 4.18. The van der Waals surface area contributed by atoms with E-state index in [0.717, 1.165) is 30.1 Å². The fourth-order valence-electron chi connectivity index (χ4n) is 3.48. The summed E-state index contributed by atoms with van der Waals surface area (Å²) in [5, 5.41) is 0.389. The number of rotatable bonds is 4. The maximum absolute atomic E-state index is 13.8. The Morgan fingerprint density at radius 2 is 1.76 bits per heavy atom. The molecule has 150 valence electrons. The number of hydrogen-bond acceptors (Lipinski definition) is 5. The van der Waals surface area contributed by atoms with Crippen LogP contribution in [0.1, 0.15) is 16.6 Å². The molecule has 1 amide bonds. The van der Waals surface area contributed by atoms with Crippen LogP contribution in [-0.2, 0) is 9.53 Å². The molecule has 2 aromatic carbocycles. The van der Waals surface area contributed by atoms with E-state index in [0.29, 0.717) is 28.1 Å². The molecule has 0 unspecified atom stereocenters. The Kier molecular flexibility index (Phi) is 5.49. The molecule has 1 aliphatic rings. The molecule has 5 nitrogen and oxygen atoms in total. The monoisotopic (exact) mass is 412 g/mol. The SMILES string of the molecule is C[C@H](OC(=O)c1cc2c(F)cccc2s1)C(=O)N1CCN(c2ccccc2)CC1. The fraction of sp³-hybridized carbons (Fsp3) is 0.273. The van der Waals surface area contributed by atoms with Crippen LogP contribution >= 0.6 is 11.3 Å². The zero-order valence-corrected chi connectivity index (χ0v) is 16.8. The zero-order valence-electron chi connectivity index (χ0n) is 16.0. The summed E-state index contributed by atoms with van der Waals surface area (Å²) in [6.07, 6.45) is -0.888. The van der Waals surface area contributed by atoms with Gasteiger partial charge in [0.05, 0.1) is 0 Å². The molecule has 1 fully saturated rings. The lowest BCUT2D eigenvalue weighted by molar-refractivity contribution is -0.140. The second-order valence-electron chi connectivity index (χ2n) is 6.96. The molecule has 1 aliphatic heterocycles. The molecule has 1 aromatic heterocycles. The van der Waals surface area contributed by atoms with Crippen molar-refractivity contribution >= 4 is 39.0 Å². The molecule has 0 radical (unpaired) electrons. The van der Waals surface area contributed by atoms with Crippen LogP contribution < -0.4 is 4.90 Å². The van der Waals surface area contributed by atoms with E-state index in [1.54, 1.807) is 24.0 Å². The largest absolute Gasteiger partial charge is 0.448 e. The lowest BCUT2D eigenvalue weighted by Gasteiger charge is -2.37. The maximum Gasteiger partial charge on any atom is 0.349 e. The van der Waals surface area contributed by atoms with Gasteiger partial charge in [0.1, 0.15) is 10.7 Å². The number of carbonyl (C=O) groups is 2. The third kappa shape index (κ3) is 4.10. The van der Waals surface area contributed by atoms with Crippen molar-refractivity contribution in [2.24, 2.45) is 0 Å². The van der Waals surface area contributed by atoms with E-state index >= 15 is 0 Å². The quantitative estimate of drug-likeness (QED) is 0.609. The number of para-hydroxylation sites is 1. The molecule has 0 aliphatic carbocycles. The number of nitrogens with zero attached hydrogens (tertiary/aromatic N) is 2. The van der Waals surface area contributed by atoms with Crippen molar-refractivity contribution in [3.8, 4) is 0 Å². The highest BCUT2D eigenvalue weighted by atomic mass is 32.1. The summed E-state index contributed by atoms with van der Waals surface area (Å²) >= 11 is 1.16. The van der Waals surface area contributed by atoms with Crippen LogP contribution in [-0.4, -0.2) is 49.1 Å². The number of hydrogen-bond donors (Lipinski definition) is 0. The summed E-state index contributed by atoms with van der Waals surface area (Å²) < 4.78 is 19.9. The predicted octanol–water partition coefficient (Wildman–Crippen LogP) is 3.93. The second kappa shape index (κ2) is 8.21. The number of benzene rings is 2. The second-order valence-corrected chi connectivity index (χ2v) is 8.04. The van der Waals surface area contributed by atoms with Gasteiger partial charge in [-0.1, -0.05) is 24.3 Å². The summed E-state index contributed by atoms with van der Waals surface area (Å²) in [7, 11) is 0. The molecule has 0 N–H and O–H groups in total. The Bertz CT molecular complexity index is 1030. The molecule has 3 aromatic rings. The van der Waals surface area contributed by atoms with Gasteiger partial charge in [0.15, 0.2) is 6.10 Å². The smallest absolute Gasteiger partial charge is 0.349 e. The first-order chi connectivity index (χ1) is 14.0. The predicted molar refractivity (Wildman–Crippen MR) is 112 cm³/mol. The summed E-state index contributed by atoms with van der Waals surface area (Å²) in [6, 6.07) is 16.3. The van der Waals surface area contributed by atoms with Crippen LogP contribution in [0.2, 0.25) is 0 Å². The molecule has 0 saturated carbocycles. The minimum atomic E-state index is -0.888. The Hall–Kier alpha value is -2.93. The van der Waals surface area contributed by atoms with Gasteiger partial charge in [0.2, 0.25) is 0 Å². The Morgan fingerprint density at radius 3 is 2.45 bits per heavy atom. The highest BCUT2D eigenvalue weighted by Gasteiger charge is 2.28. The van der Waals surface area contributed by atoms with Gasteiger partial charge in [0, 0.05) is 42.0 Å². The first-order valence-corrected chi connectivity index (χ1v) is 10.3. The highest BCUT2D eigenvalue weighted by molar-refractivity contribution is 7.20. The van der Waals surface area contributed by atoms with Gasteiger partial charge in [-0.05, 0) is 37.3 Å². The van der Waals surface area contributed by atoms with Crippen molar-refractivity contribution in [1.29, 1.82) is 0 Å².